The Labute approximate surface area is 76.3 Å². The molecule has 68 valence electrons. The Hall–Kier alpha value is -1.35. The summed E-state index contributed by atoms with van der Waals surface area (Å²) in [6, 6.07) is 7.09. The highest BCUT2D eigenvalue weighted by molar-refractivity contribution is 5.75. The fourth-order valence-electron chi connectivity index (χ4n) is 1.03. The second-order valence-electron chi connectivity index (χ2n) is 2.96. The topological polar surface area (TPSA) is 38.8 Å². The average Bonchev–Trinajstić information content (AvgIpc) is 2.99. The van der Waals surface area contributed by atoms with Crippen molar-refractivity contribution in [2.45, 2.75) is 6.10 Å². The van der Waals surface area contributed by atoms with Crippen LogP contribution >= 0.6 is 0 Å². The van der Waals surface area contributed by atoms with Crippen molar-refractivity contribution in [1.29, 1.82) is 0 Å². The lowest BCUT2D eigenvalue weighted by atomic mass is 10.2. The average molecular weight is 178 g/mol. The van der Waals surface area contributed by atoms with Crippen LogP contribution in [0.1, 0.15) is 10.4 Å². The molecule has 1 aromatic carbocycles. The Morgan fingerprint density at radius 3 is 3.15 bits per heavy atom. The predicted octanol–water partition coefficient (Wildman–Crippen LogP) is 1.28. The van der Waals surface area contributed by atoms with Crippen molar-refractivity contribution in [1.82, 2.24) is 0 Å². The van der Waals surface area contributed by atoms with Crippen LogP contribution in [0, 0.1) is 0 Å². The standard InChI is InChI=1S/C10H10O3/c11-5-8-2-1-3-9(4-8)12-6-10-7-13-10/h1-5,10H,6-7H2/t10-/m1/s1. The number of aldehydes is 1. The van der Waals surface area contributed by atoms with Gasteiger partial charge in [0.05, 0.1) is 6.61 Å². The van der Waals surface area contributed by atoms with E-state index in [0.29, 0.717) is 12.2 Å². The molecule has 1 aromatic rings. The van der Waals surface area contributed by atoms with Gasteiger partial charge in [0.25, 0.3) is 0 Å². The van der Waals surface area contributed by atoms with Crippen LogP contribution in [0.3, 0.4) is 0 Å². The van der Waals surface area contributed by atoms with E-state index in [1.165, 1.54) is 0 Å². The van der Waals surface area contributed by atoms with Crippen LogP contribution in [0.4, 0.5) is 0 Å². The SMILES string of the molecule is O=Cc1cccc(OC[C@@H]2CO2)c1. The molecule has 13 heavy (non-hydrogen) atoms. The van der Waals surface area contributed by atoms with E-state index in [2.05, 4.69) is 0 Å². The van der Waals surface area contributed by atoms with Gasteiger partial charge in [-0.1, -0.05) is 12.1 Å². The number of benzene rings is 1. The highest BCUT2D eigenvalue weighted by Crippen LogP contribution is 2.15. The molecule has 0 unspecified atom stereocenters. The maximum Gasteiger partial charge on any atom is 0.150 e. The summed E-state index contributed by atoms with van der Waals surface area (Å²) in [5.74, 6) is 0.722. The summed E-state index contributed by atoms with van der Waals surface area (Å²) in [6.07, 6.45) is 1.06. The molecule has 3 nitrogen and oxygen atoms in total. The zero-order chi connectivity index (χ0) is 9.10. The van der Waals surface area contributed by atoms with Crippen molar-refractivity contribution in [2.24, 2.45) is 0 Å². The first-order chi connectivity index (χ1) is 6.38. The van der Waals surface area contributed by atoms with Crippen LogP contribution in [0.15, 0.2) is 24.3 Å². The Morgan fingerprint density at radius 2 is 2.46 bits per heavy atom. The molecule has 0 aliphatic carbocycles. The number of hydrogen-bond acceptors (Lipinski definition) is 3. The van der Waals surface area contributed by atoms with E-state index >= 15 is 0 Å². The number of rotatable bonds is 4. The number of carbonyl (C=O) groups excluding carboxylic acids is 1. The van der Waals surface area contributed by atoms with Crippen LogP contribution in [-0.4, -0.2) is 25.6 Å². The van der Waals surface area contributed by atoms with Crippen molar-refractivity contribution in [3.63, 3.8) is 0 Å². The van der Waals surface area contributed by atoms with Gasteiger partial charge in [-0.25, -0.2) is 0 Å². The summed E-state index contributed by atoms with van der Waals surface area (Å²) in [4.78, 5) is 10.4. The quantitative estimate of drug-likeness (QED) is 0.515. The number of ether oxygens (including phenoxy) is 2. The number of epoxide rings is 1. The molecule has 0 bridgehead atoms. The second-order valence-corrected chi connectivity index (χ2v) is 2.96. The second kappa shape index (κ2) is 3.58. The molecular weight excluding hydrogens is 168 g/mol. The van der Waals surface area contributed by atoms with E-state index in [4.69, 9.17) is 9.47 Å². The zero-order valence-electron chi connectivity index (χ0n) is 7.10. The maximum atomic E-state index is 10.4. The lowest BCUT2D eigenvalue weighted by Gasteiger charge is -2.03. The van der Waals surface area contributed by atoms with Crippen molar-refractivity contribution < 1.29 is 14.3 Å². The summed E-state index contributed by atoms with van der Waals surface area (Å²) in [6.45, 7) is 1.36. The summed E-state index contributed by atoms with van der Waals surface area (Å²) < 4.78 is 10.4. The molecule has 1 heterocycles. The summed E-state index contributed by atoms with van der Waals surface area (Å²) in [5, 5.41) is 0. The van der Waals surface area contributed by atoms with Gasteiger partial charge in [-0.15, -0.1) is 0 Å². The van der Waals surface area contributed by atoms with Crippen LogP contribution in [0.2, 0.25) is 0 Å². The molecule has 1 aliphatic heterocycles. The monoisotopic (exact) mass is 178 g/mol. The Kier molecular flexibility index (Phi) is 2.27. The van der Waals surface area contributed by atoms with E-state index in [1.54, 1.807) is 18.2 Å². The van der Waals surface area contributed by atoms with E-state index in [0.717, 1.165) is 18.6 Å². The molecule has 1 saturated heterocycles. The third-order valence-electron chi connectivity index (χ3n) is 1.83. The lowest BCUT2D eigenvalue weighted by molar-refractivity contribution is 0.112. The summed E-state index contributed by atoms with van der Waals surface area (Å²) in [7, 11) is 0. The van der Waals surface area contributed by atoms with Crippen molar-refractivity contribution in [3.8, 4) is 5.75 Å². The first-order valence-corrected chi connectivity index (χ1v) is 4.18. The zero-order valence-corrected chi connectivity index (χ0v) is 7.10. The van der Waals surface area contributed by atoms with Crippen LogP contribution < -0.4 is 4.74 Å². The molecule has 0 saturated carbocycles. The van der Waals surface area contributed by atoms with E-state index in [1.807, 2.05) is 6.07 Å². The normalized spacial score (nSPS) is 19.5. The highest BCUT2D eigenvalue weighted by Gasteiger charge is 2.22. The van der Waals surface area contributed by atoms with Crippen LogP contribution in [0.5, 0.6) is 5.75 Å². The van der Waals surface area contributed by atoms with E-state index < -0.39 is 0 Å². The van der Waals surface area contributed by atoms with E-state index in [9.17, 15) is 4.79 Å². The minimum absolute atomic E-state index is 0.250. The molecule has 3 heteroatoms. The molecule has 1 aliphatic rings. The Bertz CT molecular complexity index is 305. The van der Waals surface area contributed by atoms with Gasteiger partial charge in [0.2, 0.25) is 0 Å². The molecule has 0 aromatic heterocycles. The van der Waals surface area contributed by atoms with Crippen LogP contribution in [0.25, 0.3) is 0 Å². The van der Waals surface area contributed by atoms with E-state index in [-0.39, 0.29) is 6.10 Å². The summed E-state index contributed by atoms with van der Waals surface area (Å²) >= 11 is 0. The molecule has 0 amide bonds. The van der Waals surface area contributed by atoms with Crippen molar-refractivity contribution in [3.05, 3.63) is 29.8 Å². The minimum Gasteiger partial charge on any atom is -0.491 e. The first-order valence-electron chi connectivity index (χ1n) is 4.18. The molecule has 2 rings (SSSR count). The number of hydrogen-bond donors (Lipinski definition) is 0. The first kappa shape index (κ1) is 8.26. The van der Waals surface area contributed by atoms with Gasteiger partial charge in [-0.05, 0) is 12.1 Å². The molecule has 1 fully saturated rings. The van der Waals surface area contributed by atoms with Gasteiger partial charge < -0.3 is 9.47 Å². The number of carbonyl (C=O) groups is 1. The molecule has 0 radical (unpaired) electrons. The fourth-order valence-corrected chi connectivity index (χ4v) is 1.03. The highest BCUT2D eigenvalue weighted by atomic mass is 16.6. The van der Waals surface area contributed by atoms with Gasteiger partial charge >= 0.3 is 0 Å². The molecule has 1 atom stereocenters. The van der Waals surface area contributed by atoms with Crippen LogP contribution in [-0.2, 0) is 4.74 Å². The Morgan fingerprint density at radius 1 is 1.62 bits per heavy atom. The van der Waals surface area contributed by atoms with Gasteiger partial charge in [-0.2, -0.15) is 0 Å². The lowest BCUT2D eigenvalue weighted by Crippen LogP contribution is -2.03. The third kappa shape index (κ3) is 2.29. The van der Waals surface area contributed by atoms with Gasteiger partial charge in [-0.3, -0.25) is 4.79 Å². The van der Waals surface area contributed by atoms with Gasteiger partial charge in [0.1, 0.15) is 24.7 Å². The summed E-state index contributed by atoms with van der Waals surface area (Å²) in [5.41, 5.74) is 0.634. The minimum atomic E-state index is 0.250. The fraction of sp³-hybridized carbons (Fsp3) is 0.300. The van der Waals surface area contributed by atoms with Gasteiger partial charge in [0, 0.05) is 5.56 Å². The third-order valence-corrected chi connectivity index (χ3v) is 1.83. The largest absolute Gasteiger partial charge is 0.491 e. The molecule has 0 spiro atoms. The van der Waals surface area contributed by atoms with Crippen molar-refractivity contribution >= 4 is 6.29 Å². The maximum absolute atomic E-state index is 10.4. The predicted molar refractivity (Wildman–Crippen MR) is 47.1 cm³/mol. The van der Waals surface area contributed by atoms with Crippen molar-refractivity contribution in [2.75, 3.05) is 13.2 Å². The molecule has 0 N–H and O–H groups in total. The Balaban J connectivity index is 1.97. The molecular formula is C10H10O3. The van der Waals surface area contributed by atoms with Gasteiger partial charge in [0.15, 0.2) is 0 Å². The smallest absolute Gasteiger partial charge is 0.150 e.